The van der Waals surface area contributed by atoms with Crippen molar-refractivity contribution >= 4 is 27.7 Å². The molecule has 1 heterocycles. The molecule has 0 saturated carbocycles. The van der Waals surface area contributed by atoms with Crippen LogP contribution in [0.25, 0.3) is 11.5 Å². The molecule has 2 aromatic rings. The lowest BCUT2D eigenvalue weighted by molar-refractivity contribution is -0.119. The van der Waals surface area contributed by atoms with Gasteiger partial charge in [-0.2, -0.15) is 4.31 Å². The van der Waals surface area contributed by atoms with Gasteiger partial charge in [0.15, 0.2) is 0 Å². The molecule has 0 saturated heterocycles. The summed E-state index contributed by atoms with van der Waals surface area (Å²) in [4.78, 5) is 12.2. The van der Waals surface area contributed by atoms with E-state index in [1.54, 1.807) is 32.0 Å². The molecule has 1 N–H and O–H groups in total. The van der Waals surface area contributed by atoms with Crippen LogP contribution in [0.15, 0.2) is 38.8 Å². The number of nitrogens with zero attached hydrogens (tertiary/aromatic N) is 3. The fraction of sp³-hybridized carbons (Fsp3) is 0.526. The number of rotatable bonds is 10. The number of amides is 1. The Hall–Kier alpha value is -1.91. The van der Waals surface area contributed by atoms with Gasteiger partial charge in [-0.3, -0.25) is 4.79 Å². The third-order valence-corrected chi connectivity index (χ3v) is 7.41. The summed E-state index contributed by atoms with van der Waals surface area (Å²) in [5.74, 6) is 0.608. The van der Waals surface area contributed by atoms with Crippen LogP contribution in [0.1, 0.15) is 34.6 Å². The first kappa shape index (κ1) is 23.4. The summed E-state index contributed by atoms with van der Waals surface area (Å²) in [5, 5.41) is 11.1. The summed E-state index contributed by atoms with van der Waals surface area (Å²) in [6.07, 6.45) is 0. The number of thioether (sulfide) groups is 1. The highest BCUT2D eigenvalue weighted by Crippen LogP contribution is 2.26. The standard InChI is InChI=1S/C19H28N4O4S2/c1-6-23(7-2)29(25,26)16-10-8-9-15(11-16)18-21-22-19(27-18)28-12-17(24)20-14(5)13(3)4/h8-11,13-14H,6-7,12H2,1-5H3,(H,20,24)/t14-/m1/s1. The van der Waals surface area contributed by atoms with E-state index >= 15 is 0 Å². The first-order chi connectivity index (χ1) is 13.7. The van der Waals surface area contributed by atoms with E-state index in [1.165, 1.54) is 10.4 Å². The first-order valence-electron chi connectivity index (χ1n) is 9.55. The molecule has 1 aromatic carbocycles. The zero-order chi connectivity index (χ0) is 21.6. The molecule has 160 valence electrons. The molecule has 0 aliphatic carbocycles. The van der Waals surface area contributed by atoms with E-state index < -0.39 is 10.0 Å². The second kappa shape index (κ2) is 10.2. The zero-order valence-corrected chi connectivity index (χ0v) is 19.0. The summed E-state index contributed by atoms with van der Waals surface area (Å²) in [7, 11) is -3.58. The second-order valence-corrected chi connectivity index (χ2v) is 9.74. The van der Waals surface area contributed by atoms with E-state index in [0.29, 0.717) is 24.6 Å². The molecule has 29 heavy (non-hydrogen) atoms. The van der Waals surface area contributed by atoms with Crippen molar-refractivity contribution in [2.24, 2.45) is 5.92 Å². The third-order valence-electron chi connectivity index (χ3n) is 4.55. The first-order valence-corrected chi connectivity index (χ1v) is 12.0. The maximum Gasteiger partial charge on any atom is 0.277 e. The van der Waals surface area contributed by atoms with Gasteiger partial charge in [0.2, 0.25) is 21.8 Å². The van der Waals surface area contributed by atoms with Crippen molar-refractivity contribution in [1.82, 2.24) is 19.8 Å². The van der Waals surface area contributed by atoms with Gasteiger partial charge < -0.3 is 9.73 Å². The Bertz CT molecular complexity index is 924. The molecule has 0 bridgehead atoms. The third kappa shape index (κ3) is 6.03. The zero-order valence-electron chi connectivity index (χ0n) is 17.4. The largest absolute Gasteiger partial charge is 0.411 e. The number of carbonyl (C=O) groups is 1. The Morgan fingerprint density at radius 3 is 2.52 bits per heavy atom. The average Bonchev–Trinajstić information content (AvgIpc) is 3.16. The predicted octanol–water partition coefficient (Wildman–Crippen LogP) is 3.02. The van der Waals surface area contributed by atoms with Crippen LogP contribution in [0.2, 0.25) is 0 Å². The number of sulfonamides is 1. The Morgan fingerprint density at radius 2 is 1.90 bits per heavy atom. The van der Waals surface area contributed by atoms with Gasteiger partial charge in [0, 0.05) is 24.7 Å². The number of hydrogen-bond donors (Lipinski definition) is 1. The minimum absolute atomic E-state index is 0.0804. The van der Waals surface area contributed by atoms with E-state index in [-0.39, 0.29) is 33.7 Å². The Morgan fingerprint density at radius 1 is 1.21 bits per heavy atom. The summed E-state index contributed by atoms with van der Waals surface area (Å²) in [6, 6.07) is 6.50. The van der Waals surface area contributed by atoms with Crippen molar-refractivity contribution in [1.29, 1.82) is 0 Å². The lowest BCUT2D eigenvalue weighted by Gasteiger charge is -2.18. The predicted molar refractivity (Wildman–Crippen MR) is 113 cm³/mol. The van der Waals surface area contributed by atoms with Gasteiger partial charge in [-0.05, 0) is 31.0 Å². The Balaban J connectivity index is 2.10. The molecule has 1 aromatic heterocycles. The Kier molecular flexibility index (Phi) is 8.23. The molecule has 0 radical (unpaired) electrons. The van der Waals surface area contributed by atoms with Crippen LogP contribution < -0.4 is 5.32 Å². The number of carbonyl (C=O) groups excluding carboxylic acids is 1. The monoisotopic (exact) mass is 440 g/mol. The molecule has 0 unspecified atom stereocenters. The van der Waals surface area contributed by atoms with Crippen LogP contribution >= 0.6 is 11.8 Å². The van der Waals surface area contributed by atoms with Gasteiger partial charge in [0.05, 0.1) is 10.6 Å². The second-order valence-electron chi connectivity index (χ2n) is 6.88. The average molecular weight is 441 g/mol. The van der Waals surface area contributed by atoms with Crippen molar-refractivity contribution in [3.63, 3.8) is 0 Å². The summed E-state index contributed by atoms with van der Waals surface area (Å²) in [5.41, 5.74) is 0.510. The van der Waals surface area contributed by atoms with E-state index in [9.17, 15) is 13.2 Å². The highest BCUT2D eigenvalue weighted by Gasteiger charge is 2.22. The SMILES string of the molecule is CCN(CC)S(=O)(=O)c1cccc(-c2nnc(SCC(=O)N[C@H](C)C(C)C)o2)c1. The van der Waals surface area contributed by atoms with Gasteiger partial charge in [-0.1, -0.05) is 45.5 Å². The quantitative estimate of drug-likeness (QED) is 0.566. The lowest BCUT2D eigenvalue weighted by Crippen LogP contribution is -2.37. The molecular formula is C19H28N4O4S2. The maximum atomic E-state index is 12.7. The highest BCUT2D eigenvalue weighted by molar-refractivity contribution is 7.99. The van der Waals surface area contributed by atoms with Crippen LogP contribution in [-0.4, -0.2) is 53.7 Å². The maximum absolute atomic E-state index is 12.7. The molecule has 8 nitrogen and oxygen atoms in total. The molecule has 2 rings (SSSR count). The smallest absolute Gasteiger partial charge is 0.277 e. The summed E-state index contributed by atoms with van der Waals surface area (Å²) >= 11 is 1.14. The van der Waals surface area contributed by atoms with E-state index in [2.05, 4.69) is 15.5 Å². The summed E-state index contributed by atoms with van der Waals surface area (Å²) < 4.78 is 32.4. The number of benzene rings is 1. The molecule has 0 aliphatic rings. The minimum atomic E-state index is -3.58. The van der Waals surface area contributed by atoms with Crippen LogP contribution in [-0.2, 0) is 14.8 Å². The van der Waals surface area contributed by atoms with Gasteiger partial charge >= 0.3 is 0 Å². The fourth-order valence-corrected chi connectivity index (χ4v) is 4.56. The molecule has 1 amide bonds. The van der Waals surface area contributed by atoms with Crippen molar-refractivity contribution in [2.75, 3.05) is 18.8 Å². The topological polar surface area (TPSA) is 105 Å². The number of aromatic nitrogens is 2. The van der Waals surface area contributed by atoms with Crippen molar-refractivity contribution in [3.05, 3.63) is 24.3 Å². The number of nitrogens with one attached hydrogen (secondary N) is 1. The summed E-state index contributed by atoms with van der Waals surface area (Å²) in [6.45, 7) is 10.4. The molecule has 10 heteroatoms. The Labute approximate surface area is 176 Å². The van der Waals surface area contributed by atoms with Gasteiger partial charge in [-0.15, -0.1) is 10.2 Å². The normalized spacial score (nSPS) is 13.1. The number of hydrogen-bond acceptors (Lipinski definition) is 7. The molecule has 0 spiro atoms. The molecule has 1 atom stereocenters. The van der Waals surface area contributed by atoms with Crippen molar-refractivity contribution in [3.8, 4) is 11.5 Å². The van der Waals surface area contributed by atoms with Crippen LogP contribution in [0, 0.1) is 5.92 Å². The van der Waals surface area contributed by atoms with Gasteiger partial charge in [0.1, 0.15) is 0 Å². The highest BCUT2D eigenvalue weighted by atomic mass is 32.2. The molecule has 0 aliphatic heterocycles. The van der Waals surface area contributed by atoms with Crippen molar-refractivity contribution < 1.29 is 17.6 Å². The van der Waals surface area contributed by atoms with E-state index in [1.807, 2.05) is 20.8 Å². The van der Waals surface area contributed by atoms with E-state index in [0.717, 1.165) is 11.8 Å². The van der Waals surface area contributed by atoms with E-state index in [4.69, 9.17) is 4.42 Å². The van der Waals surface area contributed by atoms with Gasteiger partial charge in [0.25, 0.3) is 5.22 Å². The molecular weight excluding hydrogens is 412 g/mol. The van der Waals surface area contributed by atoms with Gasteiger partial charge in [-0.25, -0.2) is 8.42 Å². The van der Waals surface area contributed by atoms with Crippen LogP contribution in [0.4, 0.5) is 0 Å². The van der Waals surface area contributed by atoms with Crippen LogP contribution in [0.3, 0.4) is 0 Å². The molecule has 0 fully saturated rings. The van der Waals surface area contributed by atoms with Crippen LogP contribution in [0.5, 0.6) is 0 Å². The fourth-order valence-electron chi connectivity index (χ4n) is 2.48. The minimum Gasteiger partial charge on any atom is -0.411 e. The van der Waals surface area contributed by atoms with Crippen molar-refractivity contribution in [2.45, 2.75) is 50.8 Å². The lowest BCUT2D eigenvalue weighted by atomic mass is 10.1.